The van der Waals surface area contributed by atoms with Crippen LogP contribution in [0.1, 0.15) is 29.6 Å². The zero-order valence-corrected chi connectivity index (χ0v) is 14.2. The molecule has 0 radical (unpaired) electrons. The van der Waals surface area contributed by atoms with Crippen molar-refractivity contribution in [2.75, 3.05) is 45.2 Å². The van der Waals surface area contributed by atoms with Crippen LogP contribution in [0, 0.1) is 0 Å². The van der Waals surface area contributed by atoms with E-state index in [0.717, 1.165) is 45.4 Å². The Bertz CT molecular complexity index is 599. The maximum Gasteiger partial charge on any atom is 0.253 e. The van der Waals surface area contributed by atoms with Crippen molar-refractivity contribution in [1.82, 2.24) is 9.80 Å². The zero-order chi connectivity index (χ0) is 16.9. The molecule has 2 saturated heterocycles. The van der Waals surface area contributed by atoms with Crippen LogP contribution < -0.4 is 5.32 Å². The highest BCUT2D eigenvalue weighted by atomic mass is 16.5. The number of nitrogens with one attached hydrogen (secondary N) is 1. The third-order valence-electron chi connectivity index (χ3n) is 4.61. The number of carbonyl (C=O) groups excluding carboxylic acids is 2. The summed E-state index contributed by atoms with van der Waals surface area (Å²) in [5.41, 5.74) is 1.26. The summed E-state index contributed by atoms with van der Waals surface area (Å²) in [6.45, 7) is 4.06. The lowest BCUT2D eigenvalue weighted by molar-refractivity contribution is -0.124. The van der Waals surface area contributed by atoms with E-state index in [1.807, 2.05) is 11.0 Å². The summed E-state index contributed by atoms with van der Waals surface area (Å²) in [6.07, 6.45) is 2.29. The first-order valence-electron chi connectivity index (χ1n) is 8.64. The Hall–Kier alpha value is -1.92. The van der Waals surface area contributed by atoms with Gasteiger partial charge in [-0.05, 0) is 51.1 Å². The molecule has 2 heterocycles. The third-order valence-corrected chi connectivity index (χ3v) is 4.61. The van der Waals surface area contributed by atoms with Gasteiger partial charge in [-0.1, -0.05) is 6.07 Å². The lowest BCUT2D eigenvalue weighted by Crippen LogP contribution is -2.34. The predicted molar refractivity (Wildman–Crippen MR) is 92.1 cm³/mol. The molecule has 1 atom stereocenters. The van der Waals surface area contributed by atoms with Crippen LogP contribution in [-0.4, -0.2) is 67.6 Å². The molecule has 130 valence electrons. The highest BCUT2D eigenvalue weighted by Gasteiger charge is 2.24. The fraction of sp³-hybridized carbons (Fsp3) is 0.556. The first-order chi connectivity index (χ1) is 11.6. The molecule has 2 aliphatic rings. The molecule has 0 bridgehead atoms. The molecule has 2 amide bonds. The van der Waals surface area contributed by atoms with Crippen molar-refractivity contribution in [3.05, 3.63) is 29.8 Å². The topological polar surface area (TPSA) is 61.9 Å². The Kier molecular flexibility index (Phi) is 5.48. The van der Waals surface area contributed by atoms with Gasteiger partial charge >= 0.3 is 0 Å². The largest absolute Gasteiger partial charge is 0.368 e. The quantitative estimate of drug-likeness (QED) is 0.913. The van der Waals surface area contributed by atoms with Gasteiger partial charge in [0.1, 0.15) is 6.10 Å². The van der Waals surface area contributed by atoms with Gasteiger partial charge in [0.05, 0.1) is 0 Å². The van der Waals surface area contributed by atoms with Gasteiger partial charge in [0, 0.05) is 37.5 Å². The average Bonchev–Trinajstić information content (AvgIpc) is 3.04. The number of rotatable bonds is 3. The van der Waals surface area contributed by atoms with Crippen molar-refractivity contribution in [2.24, 2.45) is 0 Å². The molecule has 0 spiro atoms. The fourth-order valence-electron chi connectivity index (χ4n) is 3.17. The molecule has 1 aromatic rings. The van der Waals surface area contributed by atoms with Gasteiger partial charge < -0.3 is 19.9 Å². The summed E-state index contributed by atoms with van der Waals surface area (Å²) in [5.74, 6) is -0.105. The van der Waals surface area contributed by atoms with Crippen molar-refractivity contribution in [1.29, 1.82) is 0 Å². The maximum absolute atomic E-state index is 12.7. The Balaban J connectivity index is 1.65. The number of likely N-dealkylation sites (N-methyl/N-ethyl adjacent to an activating group) is 1. The van der Waals surface area contributed by atoms with Crippen LogP contribution in [-0.2, 0) is 9.53 Å². The van der Waals surface area contributed by atoms with Gasteiger partial charge in [-0.15, -0.1) is 0 Å². The first kappa shape index (κ1) is 16.9. The molecule has 3 rings (SSSR count). The summed E-state index contributed by atoms with van der Waals surface area (Å²) < 4.78 is 5.39. The van der Waals surface area contributed by atoms with Crippen molar-refractivity contribution in [3.8, 4) is 0 Å². The molecule has 1 aromatic carbocycles. The summed E-state index contributed by atoms with van der Waals surface area (Å²) in [6, 6.07) is 7.17. The third kappa shape index (κ3) is 4.13. The van der Waals surface area contributed by atoms with Gasteiger partial charge in [0.25, 0.3) is 11.8 Å². The van der Waals surface area contributed by atoms with Crippen LogP contribution >= 0.6 is 0 Å². The van der Waals surface area contributed by atoms with Crippen LogP contribution in [0.5, 0.6) is 0 Å². The van der Waals surface area contributed by atoms with Crippen LogP contribution in [0.2, 0.25) is 0 Å². The van der Waals surface area contributed by atoms with Crippen LogP contribution in [0.15, 0.2) is 24.3 Å². The minimum Gasteiger partial charge on any atom is -0.368 e. The Morgan fingerprint density at radius 3 is 2.83 bits per heavy atom. The van der Waals surface area contributed by atoms with E-state index in [1.54, 1.807) is 18.2 Å². The highest BCUT2D eigenvalue weighted by Crippen LogP contribution is 2.17. The molecular formula is C18H25N3O3. The van der Waals surface area contributed by atoms with Crippen LogP contribution in [0.3, 0.4) is 0 Å². The molecule has 0 saturated carbocycles. The van der Waals surface area contributed by atoms with E-state index in [0.29, 0.717) is 17.9 Å². The molecule has 6 nitrogen and oxygen atoms in total. The number of amides is 2. The van der Waals surface area contributed by atoms with E-state index < -0.39 is 0 Å². The van der Waals surface area contributed by atoms with E-state index in [4.69, 9.17) is 4.74 Å². The second-order valence-electron chi connectivity index (χ2n) is 6.52. The lowest BCUT2D eigenvalue weighted by Gasteiger charge is -2.21. The van der Waals surface area contributed by atoms with Crippen molar-refractivity contribution >= 4 is 17.5 Å². The SMILES string of the molecule is CN1CCCN(C(=O)c2cccc(NC(=O)C3CCCO3)c2)CC1. The molecule has 2 fully saturated rings. The van der Waals surface area contributed by atoms with Crippen LogP contribution in [0.4, 0.5) is 5.69 Å². The van der Waals surface area contributed by atoms with Gasteiger partial charge in [-0.2, -0.15) is 0 Å². The molecule has 0 aromatic heterocycles. The molecular weight excluding hydrogens is 306 g/mol. The number of anilines is 1. The standard InChI is InChI=1S/C18H25N3O3/c1-20-8-4-9-21(11-10-20)18(23)14-5-2-6-15(13-14)19-17(22)16-7-3-12-24-16/h2,5-6,13,16H,3-4,7-12H2,1H3,(H,19,22). The Labute approximate surface area is 142 Å². The molecule has 24 heavy (non-hydrogen) atoms. The van der Waals surface area contributed by atoms with E-state index in [-0.39, 0.29) is 17.9 Å². The number of hydrogen-bond donors (Lipinski definition) is 1. The van der Waals surface area contributed by atoms with Crippen molar-refractivity contribution in [3.63, 3.8) is 0 Å². The number of ether oxygens (including phenoxy) is 1. The lowest BCUT2D eigenvalue weighted by atomic mass is 10.1. The predicted octanol–water partition coefficient (Wildman–Crippen LogP) is 1.58. The van der Waals surface area contributed by atoms with Crippen molar-refractivity contribution in [2.45, 2.75) is 25.4 Å². The normalized spacial score (nSPS) is 22.2. The Morgan fingerprint density at radius 2 is 2.04 bits per heavy atom. The smallest absolute Gasteiger partial charge is 0.253 e. The average molecular weight is 331 g/mol. The molecule has 1 N–H and O–H groups in total. The number of hydrogen-bond acceptors (Lipinski definition) is 4. The van der Waals surface area contributed by atoms with E-state index in [1.165, 1.54) is 0 Å². The second-order valence-corrected chi connectivity index (χ2v) is 6.52. The zero-order valence-electron chi connectivity index (χ0n) is 14.2. The van der Waals surface area contributed by atoms with Crippen molar-refractivity contribution < 1.29 is 14.3 Å². The monoisotopic (exact) mass is 331 g/mol. The van der Waals surface area contributed by atoms with Crippen LogP contribution in [0.25, 0.3) is 0 Å². The maximum atomic E-state index is 12.7. The summed E-state index contributed by atoms with van der Waals surface area (Å²) in [7, 11) is 2.08. The Morgan fingerprint density at radius 1 is 1.17 bits per heavy atom. The van der Waals surface area contributed by atoms with Gasteiger partial charge in [0.2, 0.25) is 0 Å². The molecule has 1 unspecified atom stereocenters. The minimum absolute atomic E-state index is 0.0264. The summed E-state index contributed by atoms with van der Waals surface area (Å²) in [4.78, 5) is 29.0. The fourth-order valence-corrected chi connectivity index (χ4v) is 3.17. The second kappa shape index (κ2) is 7.77. The van der Waals surface area contributed by atoms with E-state index >= 15 is 0 Å². The number of nitrogens with zero attached hydrogens (tertiary/aromatic N) is 2. The number of benzene rings is 1. The number of carbonyl (C=O) groups is 2. The van der Waals surface area contributed by atoms with Gasteiger partial charge in [-0.3, -0.25) is 9.59 Å². The van der Waals surface area contributed by atoms with E-state index in [9.17, 15) is 9.59 Å². The van der Waals surface area contributed by atoms with Gasteiger partial charge in [-0.25, -0.2) is 0 Å². The first-order valence-corrected chi connectivity index (χ1v) is 8.64. The molecule has 6 heteroatoms. The van der Waals surface area contributed by atoms with E-state index in [2.05, 4.69) is 17.3 Å². The molecule has 0 aliphatic carbocycles. The minimum atomic E-state index is -0.370. The summed E-state index contributed by atoms with van der Waals surface area (Å²) in [5, 5.41) is 2.86. The van der Waals surface area contributed by atoms with Gasteiger partial charge in [0.15, 0.2) is 0 Å². The summed E-state index contributed by atoms with van der Waals surface area (Å²) >= 11 is 0. The molecule has 2 aliphatic heterocycles. The highest BCUT2D eigenvalue weighted by molar-refractivity contribution is 5.98.